The molecule has 1 aromatic rings. The lowest BCUT2D eigenvalue weighted by molar-refractivity contribution is -0.109. The van der Waals surface area contributed by atoms with Crippen molar-refractivity contribution in [1.29, 1.82) is 0 Å². The molecular weight excluding hydrogens is 230 g/mol. The first-order valence-corrected chi connectivity index (χ1v) is 6.80. The van der Waals surface area contributed by atoms with Crippen LogP contribution in [0.15, 0.2) is 30.3 Å². The Hall–Kier alpha value is -1.06. The molecule has 3 heteroatoms. The van der Waals surface area contributed by atoms with Gasteiger partial charge in [0.1, 0.15) is 0 Å². The van der Waals surface area contributed by atoms with E-state index in [-0.39, 0.29) is 5.12 Å². The van der Waals surface area contributed by atoms with E-state index in [2.05, 4.69) is 36.4 Å². The van der Waals surface area contributed by atoms with Gasteiger partial charge in [-0.05, 0) is 30.5 Å². The highest BCUT2D eigenvalue weighted by atomic mass is 32.2. The third kappa shape index (κ3) is 6.29. The van der Waals surface area contributed by atoms with Gasteiger partial charge in [-0.3, -0.25) is 4.79 Å². The van der Waals surface area contributed by atoms with Crippen LogP contribution in [0.1, 0.15) is 24.5 Å². The summed E-state index contributed by atoms with van der Waals surface area (Å²) in [5.41, 5.74) is 7.96. The van der Waals surface area contributed by atoms with Crippen LogP contribution in [0.5, 0.6) is 0 Å². The summed E-state index contributed by atoms with van der Waals surface area (Å²) in [4.78, 5) is 10.7. The van der Waals surface area contributed by atoms with Crippen LogP contribution in [-0.2, 0) is 11.2 Å². The molecule has 0 aliphatic rings. The number of rotatable bonds is 6. The van der Waals surface area contributed by atoms with E-state index in [1.54, 1.807) is 6.92 Å². The van der Waals surface area contributed by atoms with Gasteiger partial charge in [0.25, 0.3) is 0 Å². The Morgan fingerprint density at radius 2 is 2.06 bits per heavy atom. The van der Waals surface area contributed by atoms with Gasteiger partial charge in [-0.1, -0.05) is 48.2 Å². The van der Waals surface area contributed by atoms with Crippen molar-refractivity contribution in [3.63, 3.8) is 0 Å². The smallest absolute Gasteiger partial charge is 0.185 e. The summed E-state index contributed by atoms with van der Waals surface area (Å²) in [5, 5.41) is 0.185. The van der Waals surface area contributed by atoms with Crippen LogP contribution in [0.4, 0.5) is 0 Å². The number of carbonyl (C=O) groups excluding carboxylic acids is 1. The molecule has 0 saturated carbocycles. The van der Waals surface area contributed by atoms with Gasteiger partial charge in [0.15, 0.2) is 5.12 Å². The van der Waals surface area contributed by atoms with Crippen LogP contribution >= 0.6 is 11.8 Å². The topological polar surface area (TPSA) is 43.1 Å². The predicted molar refractivity (Wildman–Crippen MR) is 76.0 cm³/mol. The zero-order valence-corrected chi connectivity index (χ0v) is 11.0. The van der Waals surface area contributed by atoms with Crippen LogP contribution in [0.3, 0.4) is 0 Å². The second-order valence-electron chi connectivity index (χ2n) is 3.81. The molecule has 0 heterocycles. The lowest BCUT2D eigenvalue weighted by Crippen LogP contribution is -2.02. The Balaban J connectivity index is 2.35. The number of carbonyl (C=O) groups is 1. The van der Waals surface area contributed by atoms with Crippen LogP contribution in [0.25, 0.3) is 6.08 Å². The fraction of sp³-hybridized carbons (Fsp3) is 0.357. The standard InChI is InChI=1S/C14H19NOS/c1-12(16)17-11-3-2-4-13-5-7-14(8-6-13)9-10-15/h2,4-8H,3,9-11,15H2,1H3. The minimum atomic E-state index is 0.185. The lowest BCUT2D eigenvalue weighted by Gasteiger charge is -1.99. The average molecular weight is 249 g/mol. The first kappa shape index (κ1) is 14.0. The van der Waals surface area contributed by atoms with E-state index in [0.29, 0.717) is 6.54 Å². The highest BCUT2D eigenvalue weighted by molar-refractivity contribution is 8.13. The van der Waals surface area contributed by atoms with E-state index in [1.807, 2.05) is 0 Å². The molecule has 0 aliphatic heterocycles. The number of allylic oxidation sites excluding steroid dienone is 1. The van der Waals surface area contributed by atoms with Crippen molar-refractivity contribution in [1.82, 2.24) is 0 Å². The third-order valence-corrected chi connectivity index (χ3v) is 3.16. The van der Waals surface area contributed by atoms with Crippen LogP contribution in [0.2, 0.25) is 0 Å². The maximum absolute atomic E-state index is 10.7. The minimum absolute atomic E-state index is 0.185. The molecule has 0 fully saturated rings. The second-order valence-corrected chi connectivity index (χ2v) is 5.08. The summed E-state index contributed by atoms with van der Waals surface area (Å²) in [5.74, 6) is 0.858. The maximum Gasteiger partial charge on any atom is 0.185 e. The van der Waals surface area contributed by atoms with E-state index in [9.17, 15) is 4.79 Å². The first-order chi connectivity index (χ1) is 8.22. The average Bonchev–Trinajstić information content (AvgIpc) is 2.31. The van der Waals surface area contributed by atoms with Crippen molar-refractivity contribution in [2.24, 2.45) is 5.73 Å². The lowest BCUT2D eigenvalue weighted by atomic mass is 10.1. The molecule has 1 rings (SSSR count). The molecular formula is C14H19NOS. The highest BCUT2D eigenvalue weighted by Gasteiger charge is 1.92. The number of benzene rings is 1. The molecule has 0 aliphatic carbocycles. The van der Waals surface area contributed by atoms with Gasteiger partial charge in [0, 0.05) is 12.7 Å². The fourth-order valence-electron chi connectivity index (χ4n) is 1.45. The molecule has 2 N–H and O–H groups in total. The van der Waals surface area contributed by atoms with Crippen LogP contribution in [0, 0.1) is 0 Å². The Morgan fingerprint density at radius 3 is 2.65 bits per heavy atom. The summed E-state index contributed by atoms with van der Waals surface area (Å²) in [6.45, 7) is 2.29. The van der Waals surface area contributed by atoms with Crippen LogP contribution < -0.4 is 5.73 Å². The minimum Gasteiger partial charge on any atom is -0.330 e. The fourth-order valence-corrected chi connectivity index (χ4v) is 1.99. The number of thioether (sulfide) groups is 1. The third-order valence-electron chi connectivity index (χ3n) is 2.31. The van der Waals surface area contributed by atoms with Gasteiger partial charge in [-0.2, -0.15) is 0 Å². The van der Waals surface area contributed by atoms with Gasteiger partial charge in [-0.15, -0.1) is 0 Å². The van der Waals surface area contributed by atoms with Crippen LogP contribution in [-0.4, -0.2) is 17.4 Å². The van der Waals surface area contributed by atoms with Crippen molar-refractivity contribution < 1.29 is 4.79 Å². The maximum atomic E-state index is 10.7. The van der Waals surface area contributed by atoms with Crippen molar-refractivity contribution in [2.75, 3.05) is 12.3 Å². The Bertz CT molecular complexity index is 370. The molecule has 0 radical (unpaired) electrons. The number of nitrogens with two attached hydrogens (primary N) is 1. The monoisotopic (exact) mass is 249 g/mol. The molecule has 0 spiro atoms. The molecule has 0 atom stereocenters. The largest absolute Gasteiger partial charge is 0.330 e. The summed E-state index contributed by atoms with van der Waals surface area (Å²) in [6, 6.07) is 8.41. The molecule has 0 unspecified atom stereocenters. The molecule has 2 nitrogen and oxygen atoms in total. The number of hydrogen-bond donors (Lipinski definition) is 1. The second kappa shape index (κ2) is 8.09. The van der Waals surface area contributed by atoms with Crippen molar-refractivity contribution in [2.45, 2.75) is 19.8 Å². The molecule has 0 bridgehead atoms. The Kier molecular flexibility index (Phi) is 6.67. The van der Waals surface area contributed by atoms with Gasteiger partial charge in [0.2, 0.25) is 0 Å². The first-order valence-electron chi connectivity index (χ1n) is 5.81. The Labute approximate surface area is 107 Å². The van der Waals surface area contributed by atoms with Gasteiger partial charge in [-0.25, -0.2) is 0 Å². The van der Waals surface area contributed by atoms with Crippen molar-refractivity contribution in [3.05, 3.63) is 41.5 Å². The molecule has 17 heavy (non-hydrogen) atoms. The van der Waals surface area contributed by atoms with E-state index in [0.717, 1.165) is 18.6 Å². The van der Waals surface area contributed by atoms with E-state index >= 15 is 0 Å². The zero-order valence-electron chi connectivity index (χ0n) is 10.2. The quantitative estimate of drug-likeness (QED) is 0.788. The summed E-state index contributed by atoms with van der Waals surface area (Å²) in [7, 11) is 0. The predicted octanol–water partition coefficient (Wildman–Crippen LogP) is 2.87. The van der Waals surface area contributed by atoms with Gasteiger partial charge < -0.3 is 5.73 Å². The summed E-state index contributed by atoms with van der Waals surface area (Å²) in [6.07, 6.45) is 6.05. The van der Waals surface area contributed by atoms with E-state index in [4.69, 9.17) is 5.73 Å². The van der Waals surface area contributed by atoms with Crippen molar-refractivity contribution in [3.8, 4) is 0 Å². The molecule has 0 saturated heterocycles. The normalized spacial score (nSPS) is 10.9. The number of hydrogen-bond acceptors (Lipinski definition) is 3. The van der Waals surface area contributed by atoms with Crippen molar-refractivity contribution >= 4 is 23.0 Å². The molecule has 0 aromatic heterocycles. The van der Waals surface area contributed by atoms with E-state index in [1.165, 1.54) is 22.9 Å². The highest BCUT2D eigenvalue weighted by Crippen LogP contribution is 2.08. The molecule has 1 aromatic carbocycles. The summed E-state index contributed by atoms with van der Waals surface area (Å²) < 4.78 is 0. The van der Waals surface area contributed by atoms with Gasteiger partial charge >= 0.3 is 0 Å². The Morgan fingerprint density at radius 1 is 1.35 bits per heavy atom. The van der Waals surface area contributed by atoms with Gasteiger partial charge in [0.05, 0.1) is 0 Å². The molecule has 0 amide bonds. The molecule has 92 valence electrons. The summed E-state index contributed by atoms with van der Waals surface area (Å²) >= 11 is 1.37. The SMILES string of the molecule is CC(=O)SCCC=Cc1ccc(CCN)cc1. The zero-order chi connectivity index (χ0) is 12.5. The van der Waals surface area contributed by atoms with E-state index < -0.39 is 0 Å².